The minimum absolute atomic E-state index is 0.0380. The van der Waals surface area contributed by atoms with Gasteiger partial charge in [-0.15, -0.1) is 11.3 Å². The molecule has 1 atom stereocenters. The third-order valence-corrected chi connectivity index (χ3v) is 4.09. The van der Waals surface area contributed by atoms with Crippen molar-refractivity contribution >= 4 is 11.3 Å². The Bertz CT molecular complexity index is 536. The number of thiazole rings is 1. The first-order valence-electron chi connectivity index (χ1n) is 6.55. The molecule has 0 saturated carbocycles. The molecule has 2 heterocycles. The Morgan fingerprint density at radius 3 is 2.68 bits per heavy atom. The summed E-state index contributed by atoms with van der Waals surface area (Å²) >= 11 is 1.71. The number of aryl methyl sites for hydroxylation is 1. The van der Waals surface area contributed by atoms with E-state index in [4.69, 9.17) is 0 Å². The molecule has 5 heteroatoms. The first-order chi connectivity index (χ1) is 8.86. The predicted octanol–water partition coefficient (Wildman–Crippen LogP) is 3.25. The van der Waals surface area contributed by atoms with E-state index in [9.17, 15) is 0 Å². The minimum atomic E-state index is 0.0380. The van der Waals surface area contributed by atoms with Crippen LogP contribution in [0.1, 0.15) is 50.0 Å². The maximum absolute atomic E-state index is 4.50. The highest BCUT2D eigenvalue weighted by molar-refractivity contribution is 7.09. The molecule has 4 nitrogen and oxygen atoms in total. The third kappa shape index (κ3) is 3.64. The van der Waals surface area contributed by atoms with E-state index in [1.807, 2.05) is 17.8 Å². The lowest BCUT2D eigenvalue weighted by Gasteiger charge is -2.18. The Morgan fingerprint density at radius 2 is 2.16 bits per heavy atom. The molecule has 1 N–H and O–H groups in total. The molecule has 2 aromatic rings. The Balaban J connectivity index is 1.94. The van der Waals surface area contributed by atoms with Crippen molar-refractivity contribution in [1.82, 2.24) is 20.1 Å². The zero-order valence-corrected chi connectivity index (χ0v) is 13.1. The van der Waals surface area contributed by atoms with E-state index in [1.165, 1.54) is 5.56 Å². The van der Waals surface area contributed by atoms with Crippen molar-refractivity contribution < 1.29 is 0 Å². The molecule has 0 aliphatic heterocycles. The summed E-state index contributed by atoms with van der Waals surface area (Å²) in [5, 5.41) is 11.1. The monoisotopic (exact) mass is 278 g/mol. The third-order valence-electron chi connectivity index (χ3n) is 2.94. The highest BCUT2D eigenvalue weighted by Crippen LogP contribution is 2.18. The Morgan fingerprint density at radius 1 is 1.42 bits per heavy atom. The van der Waals surface area contributed by atoms with Crippen LogP contribution in [-0.4, -0.2) is 14.8 Å². The number of nitrogens with zero attached hydrogens (tertiary/aromatic N) is 3. The molecule has 2 aromatic heterocycles. The molecule has 2 rings (SSSR count). The standard InChI is InChI=1S/C14H22N4S/c1-10-9-19-13(17-10)11(2)15-6-12-7-16-18(8-12)14(3,4)5/h7-9,11,15H,6H2,1-5H3. The summed E-state index contributed by atoms with van der Waals surface area (Å²) in [7, 11) is 0. The van der Waals surface area contributed by atoms with Crippen molar-refractivity contribution in [2.24, 2.45) is 0 Å². The van der Waals surface area contributed by atoms with E-state index in [0.717, 1.165) is 17.2 Å². The first kappa shape index (κ1) is 14.2. The summed E-state index contributed by atoms with van der Waals surface area (Å²) < 4.78 is 2.00. The van der Waals surface area contributed by atoms with Gasteiger partial charge in [0, 0.05) is 29.4 Å². The largest absolute Gasteiger partial charge is 0.304 e. The van der Waals surface area contributed by atoms with Gasteiger partial charge >= 0.3 is 0 Å². The van der Waals surface area contributed by atoms with Crippen LogP contribution in [0.25, 0.3) is 0 Å². The molecule has 0 amide bonds. The van der Waals surface area contributed by atoms with E-state index >= 15 is 0 Å². The van der Waals surface area contributed by atoms with E-state index in [-0.39, 0.29) is 11.6 Å². The molecule has 0 bridgehead atoms. The van der Waals surface area contributed by atoms with Gasteiger partial charge in [-0.05, 0) is 34.6 Å². The lowest BCUT2D eigenvalue weighted by Crippen LogP contribution is -2.22. The highest BCUT2D eigenvalue weighted by atomic mass is 32.1. The number of hydrogen-bond acceptors (Lipinski definition) is 4. The SMILES string of the molecule is Cc1csc(C(C)NCc2cnn(C(C)(C)C)c2)n1. The van der Waals surface area contributed by atoms with Crippen LogP contribution in [0.5, 0.6) is 0 Å². The molecular weight excluding hydrogens is 256 g/mol. The van der Waals surface area contributed by atoms with Gasteiger partial charge < -0.3 is 5.32 Å². The van der Waals surface area contributed by atoms with Gasteiger partial charge in [0.25, 0.3) is 0 Å². The molecule has 1 unspecified atom stereocenters. The van der Waals surface area contributed by atoms with Crippen LogP contribution in [-0.2, 0) is 12.1 Å². The summed E-state index contributed by atoms with van der Waals surface area (Å²) in [5.74, 6) is 0. The van der Waals surface area contributed by atoms with Gasteiger partial charge in [-0.2, -0.15) is 5.10 Å². The summed E-state index contributed by atoms with van der Waals surface area (Å²) in [4.78, 5) is 4.50. The van der Waals surface area contributed by atoms with Crippen LogP contribution in [0.3, 0.4) is 0 Å². The summed E-state index contributed by atoms with van der Waals surface area (Å²) in [6.07, 6.45) is 4.03. The fourth-order valence-electron chi connectivity index (χ4n) is 1.75. The molecule has 0 aromatic carbocycles. The van der Waals surface area contributed by atoms with Gasteiger partial charge in [0.15, 0.2) is 0 Å². The van der Waals surface area contributed by atoms with Crippen LogP contribution in [0.2, 0.25) is 0 Å². The molecular formula is C14H22N4S. The predicted molar refractivity (Wildman–Crippen MR) is 79.3 cm³/mol. The fraction of sp³-hybridized carbons (Fsp3) is 0.571. The maximum atomic E-state index is 4.50. The fourth-order valence-corrected chi connectivity index (χ4v) is 2.58. The topological polar surface area (TPSA) is 42.7 Å². The molecule has 0 spiro atoms. The van der Waals surface area contributed by atoms with Crippen molar-refractivity contribution in [3.63, 3.8) is 0 Å². The Kier molecular flexibility index (Phi) is 4.06. The average Bonchev–Trinajstić information content (AvgIpc) is 2.93. The van der Waals surface area contributed by atoms with Gasteiger partial charge in [0.05, 0.1) is 17.8 Å². The van der Waals surface area contributed by atoms with E-state index in [2.05, 4.69) is 54.7 Å². The maximum Gasteiger partial charge on any atom is 0.110 e. The van der Waals surface area contributed by atoms with Crippen molar-refractivity contribution in [3.05, 3.63) is 34.0 Å². The summed E-state index contributed by atoms with van der Waals surface area (Å²) in [5.41, 5.74) is 2.33. The van der Waals surface area contributed by atoms with Gasteiger partial charge in [-0.1, -0.05) is 0 Å². The van der Waals surface area contributed by atoms with Crippen molar-refractivity contribution in [2.75, 3.05) is 0 Å². The van der Waals surface area contributed by atoms with E-state index in [1.54, 1.807) is 11.3 Å². The van der Waals surface area contributed by atoms with Crippen molar-refractivity contribution in [1.29, 1.82) is 0 Å². The summed E-state index contributed by atoms with van der Waals surface area (Å²) in [6.45, 7) is 11.4. The average molecular weight is 278 g/mol. The van der Waals surface area contributed by atoms with Gasteiger partial charge in [-0.25, -0.2) is 4.98 Å². The molecule has 19 heavy (non-hydrogen) atoms. The van der Waals surface area contributed by atoms with E-state index in [0.29, 0.717) is 0 Å². The van der Waals surface area contributed by atoms with Crippen LogP contribution in [0.4, 0.5) is 0 Å². The molecule has 0 aliphatic carbocycles. The first-order valence-corrected chi connectivity index (χ1v) is 7.43. The quantitative estimate of drug-likeness (QED) is 0.933. The second-order valence-corrected chi connectivity index (χ2v) is 6.78. The van der Waals surface area contributed by atoms with Crippen LogP contribution < -0.4 is 5.32 Å². The van der Waals surface area contributed by atoms with Gasteiger partial charge in [-0.3, -0.25) is 4.68 Å². The van der Waals surface area contributed by atoms with Gasteiger partial charge in [0.2, 0.25) is 0 Å². The zero-order valence-electron chi connectivity index (χ0n) is 12.3. The van der Waals surface area contributed by atoms with Crippen molar-refractivity contribution in [2.45, 2.75) is 52.7 Å². The summed E-state index contributed by atoms with van der Waals surface area (Å²) in [6, 6.07) is 0.275. The number of nitrogens with one attached hydrogen (secondary N) is 1. The molecule has 104 valence electrons. The van der Waals surface area contributed by atoms with E-state index < -0.39 is 0 Å². The second kappa shape index (κ2) is 5.43. The smallest absolute Gasteiger partial charge is 0.110 e. The van der Waals surface area contributed by atoms with Crippen LogP contribution in [0.15, 0.2) is 17.8 Å². The number of aromatic nitrogens is 3. The molecule has 0 aliphatic rings. The number of hydrogen-bond donors (Lipinski definition) is 1. The molecule has 0 radical (unpaired) electrons. The van der Waals surface area contributed by atoms with Crippen LogP contribution in [0, 0.1) is 6.92 Å². The molecule has 0 saturated heterocycles. The minimum Gasteiger partial charge on any atom is -0.304 e. The van der Waals surface area contributed by atoms with Crippen molar-refractivity contribution in [3.8, 4) is 0 Å². The lowest BCUT2D eigenvalue weighted by molar-refractivity contribution is 0.355. The Hall–Kier alpha value is -1.20. The van der Waals surface area contributed by atoms with Crippen LogP contribution >= 0.6 is 11.3 Å². The Labute approximate surface area is 118 Å². The normalized spacial score (nSPS) is 13.7. The second-order valence-electron chi connectivity index (χ2n) is 5.89. The highest BCUT2D eigenvalue weighted by Gasteiger charge is 2.14. The van der Waals surface area contributed by atoms with Gasteiger partial charge in [0.1, 0.15) is 5.01 Å². The lowest BCUT2D eigenvalue weighted by atomic mass is 10.1. The number of rotatable bonds is 4. The molecule has 0 fully saturated rings. The zero-order chi connectivity index (χ0) is 14.0.